The zero-order chi connectivity index (χ0) is 10.7. The molecule has 1 aliphatic rings. The van der Waals surface area contributed by atoms with E-state index in [2.05, 4.69) is 50.3 Å². The summed E-state index contributed by atoms with van der Waals surface area (Å²) in [5.74, 6) is 1.05. The SMILES string of the molecule is CC/C=C\C=C1/COc2c(C)cccc21. The van der Waals surface area contributed by atoms with Crippen LogP contribution in [0.3, 0.4) is 0 Å². The molecule has 0 fully saturated rings. The van der Waals surface area contributed by atoms with Crippen LogP contribution in [0, 0.1) is 6.92 Å². The summed E-state index contributed by atoms with van der Waals surface area (Å²) in [5.41, 5.74) is 3.74. The molecule has 0 aliphatic carbocycles. The third-order valence-corrected chi connectivity index (χ3v) is 2.60. The first-order chi connectivity index (χ1) is 7.33. The molecule has 1 heterocycles. The maximum atomic E-state index is 5.67. The van der Waals surface area contributed by atoms with Gasteiger partial charge in [0.05, 0.1) is 0 Å². The molecule has 0 amide bonds. The minimum atomic E-state index is 0.703. The summed E-state index contributed by atoms with van der Waals surface area (Å²) in [6.45, 7) is 4.93. The van der Waals surface area contributed by atoms with Crippen molar-refractivity contribution in [2.75, 3.05) is 6.61 Å². The van der Waals surface area contributed by atoms with Crippen molar-refractivity contribution in [3.05, 3.63) is 47.6 Å². The van der Waals surface area contributed by atoms with Gasteiger partial charge in [-0.15, -0.1) is 0 Å². The van der Waals surface area contributed by atoms with E-state index in [-0.39, 0.29) is 0 Å². The molecule has 0 saturated heterocycles. The molecule has 0 saturated carbocycles. The molecule has 0 spiro atoms. The third-order valence-electron chi connectivity index (χ3n) is 2.60. The predicted molar refractivity (Wildman–Crippen MR) is 64.1 cm³/mol. The van der Waals surface area contributed by atoms with Crippen molar-refractivity contribution in [1.29, 1.82) is 0 Å². The molecule has 1 aliphatic heterocycles. The second-order valence-electron chi connectivity index (χ2n) is 3.77. The second kappa shape index (κ2) is 4.35. The fourth-order valence-electron chi connectivity index (χ4n) is 1.78. The zero-order valence-electron chi connectivity index (χ0n) is 9.29. The lowest BCUT2D eigenvalue weighted by molar-refractivity contribution is 0.386. The van der Waals surface area contributed by atoms with Crippen molar-refractivity contribution in [2.24, 2.45) is 0 Å². The molecule has 2 rings (SSSR count). The van der Waals surface area contributed by atoms with Crippen LogP contribution >= 0.6 is 0 Å². The van der Waals surface area contributed by atoms with Gasteiger partial charge in [-0.1, -0.05) is 43.4 Å². The number of ether oxygens (including phenoxy) is 1. The smallest absolute Gasteiger partial charge is 0.130 e. The molecule has 15 heavy (non-hydrogen) atoms. The molecule has 78 valence electrons. The summed E-state index contributed by atoms with van der Waals surface area (Å²) in [7, 11) is 0. The molecular weight excluding hydrogens is 184 g/mol. The topological polar surface area (TPSA) is 9.23 Å². The van der Waals surface area contributed by atoms with Gasteiger partial charge in [-0.3, -0.25) is 0 Å². The molecule has 0 bridgehead atoms. The van der Waals surface area contributed by atoms with Crippen molar-refractivity contribution < 1.29 is 4.74 Å². The molecule has 1 aromatic carbocycles. The lowest BCUT2D eigenvalue weighted by Crippen LogP contribution is -1.87. The summed E-state index contributed by atoms with van der Waals surface area (Å²) >= 11 is 0. The normalized spacial score (nSPS) is 17.1. The maximum absolute atomic E-state index is 5.67. The Morgan fingerprint density at radius 1 is 1.40 bits per heavy atom. The van der Waals surface area contributed by atoms with Gasteiger partial charge in [0.2, 0.25) is 0 Å². The van der Waals surface area contributed by atoms with Crippen LogP contribution in [-0.4, -0.2) is 6.61 Å². The first-order valence-corrected chi connectivity index (χ1v) is 5.41. The lowest BCUT2D eigenvalue weighted by Gasteiger charge is -2.00. The van der Waals surface area contributed by atoms with Gasteiger partial charge in [-0.25, -0.2) is 0 Å². The van der Waals surface area contributed by atoms with Gasteiger partial charge in [-0.05, 0) is 18.9 Å². The maximum Gasteiger partial charge on any atom is 0.130 e. The van der Waals surface area contributed by atoms with Crippen LogP contribution in [0.4, 0.5) is 0 Å². The van der Waals surface area contributed by atoms with Crippen LogP contribution in [0.1, 0.15) is 24.5 Å². The fourth-order valence-corrected chi connectivity index (χ4v) is 1.78. The van der Waals surface area contributed by atoms with Gasteiger partial charge in [0.15, 0.2) is 0 Å². The number of para-hydroxylation sites is 1. The highest BCUT2D eigenvalue weighted by atomic mass is 16.5. The second-order valence-corrected chi connectivity index (χ2v) is 3.77. The highest BCUT2D eigenvalue weighted by Gasteiger charge is 2.17. The van der Waals surface area contributed by atoms with Gasteiger partial charge >= 0.3 is 0 Å². The molecule has 1 nitrogen and oxygen atoms in total. The van der Waals surface area contributed by atoms with Crippen LogP contribution in [0.15, 0.2) is 36.4 Å². The Labute approximate surface area is 91.1 Å². The molecular formula is C14H16O. The molecule has 0 radical (unpaired) electrons. The number of allylic oxidation sites excluding steroid dienone is 3. The van der Waals surface area contributed by atoms with Gasteiger partial charge in [0, 0.05) is 11.1 Å². The Bertz CT molecular complexity index is 413. The predicted octanol–water partition coefficient (Wildman–Crippen LogP) is 3.74. The van der Waals surface area contributed by atoms with Gasteiger partial charge in [0.25, 0.3) is 0 Å². The quantitative estimate of drug-likeness (QED) is 0.706. The summed E-state index contributed by atoms with van der Waals surface area (Å²) in [6.07, 6.45) is 7.48. The van der Waals surface area contributed by atoms with Crippen LogP contribution < -0.4 is 4.74 Å². The monoisotopic (exact) mass is 200 g/mol. The fraction of sp³-hybridized carbons (Fsp3) is 0.286. The summed E-state index contributed by atoms with van der Waals surface area (Å²) in [6, 6.07) is 6.30. The van der Waals surface area contributed by atoms with Gasteiger partial charge in [-0.2, -0.15) is 0 Å². The van der Waals surface area contributed by atoms with E-state index in [0.717, 1.165) is 12.2 Å². The lowest BCUT2D eigenvalue weighted by atomic mass is 10.0. The van der Waals surface area contributed by atoms with Gasteiger partial charge < -0.3 is 4.74 Å². The van der Waals surface area contributed by atoms with Crippen molar-refractivity contribution in [1.82, 2.24) is 0 Å². The van der Waals surface area contributed by atoms with E-state index >= 15 is 0 Å². The highest BCUT2D eigenvalue weighted by Crippen LogP contribution is 2.35. The Balaban J connectivity index is 2.33. The Morgan fingerprint density at radius 2 is 2.27 bits per heavy atom. The Hall–Kier alpha value is -1.50. The van der Waals surface area contributed by atoms with E-state index in [0.29, 0.717) is 6.61 Å². The van der Waals surface area contributed by atoms with Crippen molar-refractivity contribution in [2.45, 2.75) is 20.3 Å². The van der Waals surface area contributed by atoms with Crippen LogP contribution in [0.5, 0.6) is 5.75 Å². The molecule has 0 aromatic heterocycles. The van der Waals surface area contributed by atoms with Crippen molar-refractivity contribution in [3.8, 4) is 5.75 Å². The van der Waals surface area contributed by atoms with E-state index in [4.69, 9.17) is 4.74 Å². The summed E-state index contributed by atoms with van der Waals surface area (Å²) in [4.78, 5) is 0. The van der Waals surface area contributed by atoms with Crippen molar-refractivity contribution in [3.63, 3.8) is 0 Å². The molecule has 0 atom stereocenters. The number of rotatable bonds is 2. The van der Waals surface area contributed by atoms with Crippen LogP contribution in [0.25, 0.3) is 5.57 Å². The standard InChI is InChI=1S/C14H16O/c1-3-4-5-8-12-10-15-14-11(2)7-6-9-13(12)14/h4-9H,3,10H2,1-2H3/b5-4-,12-8+. The third kappa shape index (κ3) is 1.96. The number of benzene rings is 1. The molecule has 1 heteroatoms. The molecule has 1 aromatic rings. The van der Waals surface area contributed by atoms with E-state index < -0.39 is 0 Å². The number of fused-ring (bicyclic) bond motifs is 1. The molecule has 0 N–H and O–H groups in total. The summed E-state index contributed by atoms with van der Waals surface area (Å²) < 4.78 is 5.67. The van der Waals surface area contributed by atoms with Gasteiger partial charge in [0.1, 0.15) is 12.4 Å². The summed E-state index contributed by atoms with van der Waals surface area (Å²) in [5, 5.41) is 0. The number of hydrogen-bond acceptors (Lipinski definition) is 1. The minimum Gasteiger partial charge on any atom is -0.488 e. The number of hydrogen-bond donors (Lipinski definition) is 0. The van der Waals surface area contributed by atoms with E-state index in [9.17, 15) is 0 Å². The average molecular weight is 200 g/mol. The minimum absolute atomic E-state index is 0.703. The average Bonchev–Trinajstić information content (AvgIpc) is 2.64. The van der Waals surface area contributed by atoms with Crippen LogP contribution in [-0.2, 0) is 0 Å². The Morgan fingerprint density at radius 3 is 3.07 bits per heavy atom. The number of aryl methyl sites for hydroxylation is 1. The molecule has 0 unspecified atom stereocenters. The van der Waals surface area contributed by atoms with E-state index in [1.54, 1.807) is 0 Å². The largest absolute Gasteiger partial charge is 0.488 e. The van der Waals surface area contributed by atoms with Crippen LogP contribution in [0.2, 0.25) is 0 Å². The zero-order valence-corrected chi connectivity index (χ0v) is 9.29. The van der Waals surface area contributed by atoms with E-state index in [1.807, 2.05) is 0 Å². The highest BCUT2D eigenvalue weighted by molar-refractivity contribution is 5.76. The Kier molecular flexibility index (Phi) is 2.91. The first kappa shape index (κ1) is 10.0. The first-order valence-electron chi connectivity index (χ1n) is 5.41. The van der Waals surface area contributed by atoms with Crippen molar-refractivity contribution >= 4 is 5.57 Å². The van der Waals surface area contributed by atoms with E-state index in [1.165, 1.54) is 16.7 Å².